The maximum Gasteiger partial charge on any atom is 0.222 e. The van der Waals surface area contributed by atoms with Crippen LogP contribution in [0.5, 0.6) is 0 Å². The van der Waals surface area contributed by atoms with Crippen LogP contribution in [0.3, 0.4) is 0 Å². The molecule has 0 atom stereocenters. The summed E-state index contributed by atoms with van der Waals surface area (Å²) in [7, 11) is 3.58. The Kier molecular flexibility index (Phi) is 7.49. The number of aliphatic imine (C=N–C) groups is 1. The second-order valence-electron chi connectivity index (χ2n) is 4.91. The maximum atomic E-state index is 11.6. The summed E-state index contributed by atoms with van der Waals surface area (Å²) >= 11 is 0. The van der Waals surface area contributed by atoms with E-state index in [1.54, 1.807) is 7.05 Å². The number of guanidine groups is 1. The molecule has 0 aliphatic carbocycles. The summed E-state index contributed by atoms with van der Waals surface area (Å²) in [5.41, 5.74) is 2.37. The third kappa shape index (κ3) is 5.18. The van der Waals surface area contributed by atoms with E-state index in [-0.39, 0.29) is 29.9 Å². The third-order valence-corrected chi connectivity index (χ3v) is 3.49. The SMILES string of the molecule is CN=C(NC)NCc1ccc(CN2CCCC2=O)cc1.I. The number of nitrogens with one attached hydrogen (secondary N) is 2. The molecule has 0 spiro atoms. The first-order chi connectivity index (χ1) is 9.72. The molecule has 6 heteroatoms. The van der Waals surface area contributed by atoms with Gasteiger partial charge >= 0.3 is 0 Å². The van der Waals surface area contributed by atoms with Crippen molar-refractivity contribution in [1.29, 1.82) is 0 Å². The molecule has 1 amide bonds. The van der Waals surface area contributed by atoms with Gasteiger partial charge in [0.1, 0.15) is 0 Å². The summed E-state index contributed by atoms with van der Waals surface area (Å²) in [4.78, 5) is 17.6. The molecule has 1 aromatic rings. The van der Waals surface area contributed by atoms with Crippen molar-refractivity contribution in [2.75, 3.05) is 20.6 Å². The Morgan fingerprint density at radius 1 is 1.29 bits per heavy atom. The van der Waals surface area contributed by atoms with E-state index in [0.29, 0.717) is 6.42 Å². The zero-order valence-electron chi connectivity index (χ0n) is 12.6. The van der Waals surface area contributed by atoms with Gasteiger partial charge < -0.3 is 15.5 Å². The fourth-order valence-corrected chi connectivity index (χ4v) is 2.32. The van der Waals surface area contributed by atoms with Crippen LogP contribution in [-0.2, 0) is 17.9 Å². The van der Waals surface area contributed by atoms with Gasteiger partial charge in [0.05, 0.1) is 0 Å². The van der Waals surface area contributed by atoms with E-state index in [2.05, 4.69) is 39.9 Å². The van der Waals surface area contributed by atoms with Gasteiger partial charge in [-0.1, -0.05) is 24.3 Å². The number of hydrogen-bond donors (Lipinski definition) is 2. The highest BCUT2D eigenvalue weighted by Gasteiger charge is 2.19. The lowest BCUT2D eigenvalue weighted by atomic mass is 10.1. The highest BCUT2D eigenvalue weighted by molar-refractivity contribution is 14.0. The van der Waals surface area contributed by atoms with Gasteiger partial charge in [0.25, 0.3) is 0 Å². The monoisotopic (exact) mass is 402 g/mol. The molecular formula is C15H23IN4O. The van der Waals surface area contributed by atoms with Gasteiger partial charge in [0.2, 0.25) is 5.91 Å². The van der Waals surface area contributed by atoms with Crippen molar-refractivity contribution < 1.29 is 4.79 Å². The second kappa shape index (κ2) is 8.86. The lowest BCUT2D eigenvalue weighted by Gasteiger charge is -2.15. The standard InChI is InChI=1S/C15H22N4O.HI/c1-16-15(17-2)18-10-12-5-7-13(8-6-12)11-19-9-3-4-14(19)20;/h5-8H,3-4,9-11H2,1-2H3,(H2,16,17,18);1H. The van der Waals surface area contributed by atoms with Gasteiger partial charge in [-0.2, -0.15) is 0 Å². The van der Waals surface area contributed by atoms with E-state index < -0.39 is 0 Å². The van der Waals surface area contributed by atoms with Crippen LogP contribution in [0.1, 0.15) is 24.0 Å². The molecule has 1 saturated heterocycles. The third-order valence-electron chi connectivity index (χ3n) is 3.49. The molecule has 1 heterocycles. The van der Waals surface area contributed by atoms with Crippen LogP contribution in [0.2, 0.25) is 0 Å². The molecule has 116 valence electrons. The topological polar surface area (TPSA) is 56.7 Å². The molecule has 1 fully saturated rings. The number of carbonyl (C=O) groups is 1. The van der Waals surface area contributed by atoms with E-state index in [4.69, 9.17) is 0 Å². The molecule has 1 aromatic carbocycles. The summed E-state index contributed by atoms with van der Waals surface area (Å²) in [6.45, 7) is 2.35. The van der Waals surface area contributed by atoms with Gasteiger partial charge in [0, 0.05) is 40.2 Å². The first kappa shape index (κ1) is 17.7. The molecule has 2 N–H and O–H groups in total. The van der Waals surface area contributed by atoms with E-state index >= 15 is 0 Å². The van der Waals surface area contributed by atoms with Crippen molar-refractivity contribution in [3.05, 3.63) is 35.4 Å². The lowest BCUT2D eigenvalue weighted by Crippen LogP contribution is -2.34. The van der Waals surface area contributed by atoms with Crippen molar-refractivity contribution in [2.45, 2.75) is 25.9 Å². The number of amides is 1. The van der Waals surface area contributed by atoms with E-state index in [1.165, 1.54) is 11.1 Å². The molecule has 0 saturated carbocycles. The zero-order chi connectivity index (χ0) is 14.4. The number of carbonyl (C=O) groups excluding carboxylic acids is 1. The van der Waals surface area contributed by atoms with Crippen LogP contribution >= 0.6 is 24.0 Å². The van der Waals surface area contributed by atoms with E-state index in [1.807, 2.05) is 11.9 Å². The number of rotatable bonds is 4. The normalized spacial score (nSPS) is 14.9. The van der Waals surface area contributed by atoms with Gasteiger partial charge in [-0.25, -0.2) is 0 Å². The maximum absolute atomic E-state index is 11.6. The Hall–Kier alpha value is -1.31. The summed E-state index contributed by atoms with van der Waals surface area (Å²) in [5.74, 6) is 1.05. The average molecular weight is 402 g/mol. The van der Waals surface area contributed by atoms with Crippen molar-refractivity contribution in [1.82, 2.24) is 15.5 Å². The van der Waals surface area contributed by atoms with Crippen molar-refractivity contribution >= 4 is 35.8 Å². The fourth-order valence-electron chi connectivity index (χ4n) is 2.32. The first-order valence-corrected chi connectivity index (χ1v) is 6.97. The molecule has 0 radical (unpaired) electrons. The smallest absolute Gasteiger partial charge is 0.222 e. The molecule has 5 nitrogen and oxygen atoms in total. The second-order valence-corrected chi connectivity index (χ2v) is 4.91. The molecule has 0 unspecified atom stereocenters. The van der Waals surface area contributed by atoms with Crippen LogP contribution in [-0.4, -0.2) is 37.4 Å². The summed E-state index contributed by atoms with van der Waals surface area (Å²) < 4.78 is 0. The Bertz CT molecular complexity index is 487. The van der Waals surface area contributed by atoms with Crippen LogP contribution in [0.4, 0.5) is 0 Å². The molecule has 1 aliphatic heterocycles. The van der Waals surface area contributed by atoms with Crippen LogP contribution in [0.15, 0.2) is 29.3 Å². The Morgan fingerprint density at radius 2 is 1.95 bits per heavy atom. The number of halogens is 1. The molecular weight excluding hydrogens is 379 g/mol. The minimum Gasteiger partial charge on any atom is -0.359 e. The quantitative estimate of drug-likeness (QED) is 0.458. The molecule has 21 heavy (non-hydrogen) atoms. The number of nitrogens with zero attached hydrogens (tertiary/aromatic N) is 2. The highest BCUT2D eigenvalue weighted by atomic mass is 127. The number of hydrogen-bond acceptors (Lipinski definition) is 2. The van der Waals surface area contributed by atoms with E-state index in [0.717, 1.165) is 32.0 Å². The first-order valence-electron chi connectivity index (χ1n) is 6.97. The fraction of sp³-hybridized carbons (Fsp3) is 0.467. The summed E-state index contributed by atoms with van der Waals surface area (Å²) in [6.07, 6.45) is 1.69. The van der Waals surface area contributed by atoms with E-state index in [9.17, 15) is 4.79 Å². The average Bonchev–Trinajstić information content (AvgIpc) is 2.87. The molecule has 2 rings (SSSR count). The predicted molar refractivity (Wildman–Crippen MR) is 95.8 cm³/mol. The molecule has 0 aromatic heterocycles. The largest absolute Gasteiger partial charge is 0.359 e. The Labute approximate surface area is 143 Å². The van der Waals surface area contributed by atoms with Crippen LogP contribution < -0.4 is 10.6 Å². The van der Waals surface area contributed by atoms with Crippen molar-refractivity contribution in [2.24, 2.45) is 4.99 Å². The molecule has 0 bridgehead atoms. The highest BCUT2D eigenvalue weighted by Crippen LogP contribution is 2.14. The Morgan fingerprint density at radius 3 is 2.48 bits per heavy atom. The zero-order valence-corrected chi connectivity index (χ0v) is 14.9. The summed E-state index contributed by atoms with van der Waals surface area (Å²) in [5, 5.41) is 6.19. The van der Waals surface area contributed by atoms with Crippen LogP contribution in [0, 0.1) is 0 Å². The van der Waals surface area contributed by atoms with Gasteiger partial charge in [-0.05, 0) is 17.5 Å². The minimum absolute atomic E-state index is 0. The number of likely N-dealkylation sites (tertiary alicyclic amines) is 1. The minimum atomic E-state index is 0. The van der Waals surface area contributed by atoms with Crippen LogP contribution in [0.25, 0.3) is 0 Å². The number of benzene rings is 1. The summed E-state index contributed by atoms with van der Waals surface area (Å²) in [6, 6.07) is 8.35. The van der Waals surface area contributed by atoms with Gasteiger partial charge in [-0.15, -0.1) is 24.0 Å². The molecule has 1 aliphatic rings. The van der Waals surface area contributed by atoms with Crippen molar-refractivity contribution in [3.63, 3.8) is 0 Å². The predicted octanol–water partition coefficient (Wildman–Crippen LogP) is 1.72. The van der Waals surface area contributed by atoms with Crippen molar-refractivity contribution in [3.8, 4) is 0 Å². The van der Waals surface area contributed by atoms with Gasteiger partial charge in [-0.3, -0.25) is 9.79 Å². The van der Waals surface area contributed by atoms with Gasteiger partial charge in [0.15, 0.2) is 5.96 Å². The lowest BCUT2D eigenvalue weighted by molar-refractivity contribution is -0.128. The Balaban J connectivity index is 0.00000220.